The van der Waals surface area contributed by atoms with E-state index in [9.17, 15) is 14.4 Å². The van der Waals surface area contributed by atoms with Crippen molar-refractivity contribution in [2.45, 2.75) is 6.42 Å². The highest BCUT2D eigenvalue weighted by atomic mass is 32.2. The van der Waals surface area contributed by atoms with E-state index in [1.165, 1.54) is 31.1 Å². The molecule has 1 heterocycles. The number of nitrogens with one attached hydrogen (secondary N) is 1. The lowest BCUT2D eigenvalue weighted by Crippen LogP contribution is -2.26. The van der Waals surface area contributed by atoms with Crippen LogP contribution >= 0.6 is 11.8 Å². The van der Waals surface area contributed by atoms with Crippen molar-refractivity contribution >= 4 is 29.4 Å². The molecule has 0 bridgehead atoms. The first kappa shape index (κ1) is 16.2. The summed E-state index contributed by atoms with van der Waals surface area (Å²) in [5.41, 5.74) is 0.202. The summed E-state index contributed by atoms with van der Waals surface area (Å²) in [6.07, 6.45) is 2.61. The Morgan fingerprint density at radius 3 is 3.05 bits per heavy atom. The summed E-state index contributed by atoms with van der Waals surface area (Å²) in [6, 6.07) is 0. The van der Waals surface area contributed by atoms with Gasteiger partial charge in [-0.1, -0.05) is 5.16 Å². The van der Waals surface area contributed by atoms with Crippen LogP contribution in [0.25, 0.3) is 0 Å². The highest BCUT2D eigenvalue weighted by molar-refractivity contribution is 8.04. The fourth-order valence-electron chi connectivity index (χ4n) is 1.67. The number of aromatic nitrogens is 1. The lowest BCUT2D eigenvalue weighted by atomic mass is 10.0. The molecule has 1 aromatic heterocycles. The summed E-state index contributed by atoms with van der Waals surface area (Å²) >= 11 is 1.27. The van der Waals surface area contributed by atoms with Gasteiger partial charge in [-0.15, -0.1) is 11.8 Å². The Morgan fingerprint density at radius 2 is 2.27 bits per heavy atom. The first-order valence-electron chi connectivity index (χ1n) is 6.41. The van der Waals surface area contributed by atoms with Crippen LogP contribution in [-0.2, 0) is 9.47 Å². The van der Waals surface area contributed by atoms with Crippen molar-refractivity contribution in [3.05, 3.63) is 28.5 Å². The molecule has 0 atom stereocenters. The third-order valence-corrected chi connectivity index (χ3v) is 3.83. The second kappa shape index (κ2) is 7.76. The van der Waals surface area contributed by atoms with Crippen molar-refractivity contribution < 1.29 is 28.4 Å². The number of methoxy groups -OCH3 is 1. The van der Waals surface area contributed by atoms with Crippen LogP contribution in [0, 0.1) is 0 Å². The summed E-state index contributed by atoms with van der Waals surface area (Å²) in [7, 11) is 1.27. The second-order valence-electron chi connectivity index (χ2n) is 4.19. The Balaban J connectivity index is 1.69. The topological polar surface area (TPSA) is 108 Å². The van der Waals surface area contributed by atoms with Crippen LogP contribution in [0.15, 0.2) is 21.7 Å². The minimum absolute atomic E-state index is 0.00781. The molecule has 0 spiro atoms. The van der Waals surface area contributed by atoms with Gasteiger partial charge in [0.2, 0.25) is 17.3 Å². The van der Waals surface area contributed by atoms with Crippen molar-refractivity contribution in [2.75, 3.05) is 26.2 Å². The molecule has 0 unspecified atom stereocenters. The lowest BCUT2D eigenvalue weighted by Gasteiger charge is -2.09. The third kappa shape index (κ3) is 3.95. The number of Topliss-reactive ketones (excluding diaryl/α,β-unsaturated/α-hetero) is 1. The lowest BCUT2D eigenvalue weighted by molar-refractivity contribution is 0.0967. The number of allylic oxidation sites excluding steroid dienone is 2. The molecule has 0 radical (unpaired) electrons. The fourth-order valence-corrected chi connectivity index (χ4v) is 2.58. The van der Waals surface area contributed by atoms with Gasteiger partial charge in [-0.2, -0.15) is 0 Å². The maximum Gasteiger partial charge on any atom is 0.408 e. The van der Waals surface area contributed by atoms with E-state index in [1.807, 2.05) is 0 Å². The average Bonchev–Trinajstić information content (AvgIpc) is 3.01. The molecular weight excluding hydrogens is 312 g/mol. The van der Waals surface area contributed by atoms with Crippen LogP contribution < -0.4 is 5.32 Å². The number of rotatable bonds is 7. The Bertz CT molecular complexity index is 609. The monoisotopic (exact) mass is 326 g/mol. The van der Waals surface area contributed by atoms with Crippen LogP contribution in [0.2, 0.25) is 0 Å². The third-order valence-electron chi connectivity index (χ3n) is 2.72. The molecular formula is C13H14N2O6S. The Morgan fingerprint density at radius 1 is 1.45 bits per heavy atom. The quantitative estimate of drug-likeness (QED) is 0.591. The molecule has 1 aliphatic rings. The van der Waals surface area contributed by atoms with Gasteiger partial charge < -0.3 is 14.0 Å². The van der Waals surface area contributed by atoms with Gasteiger partial charge in [-0.3, -0.25) is 14.9 Å². The van der Waals surface area contributed by atoms with E-state index in [-0.39, 0.29) is 29.6 Å². The van der Waals surface area contributed by atoms with E-state index < -0.39 is 6.09 Å². The summed E-state index contributed by atoms with van der Waals surface area (Å²) in [5.74, 6) is -0.0159. The highest BCUT2D eigenvalue weighted by Gasteiger charge is 2.29. The Labute approximate surface area is 130 Å². The van der Waals surface area contributed by atoms with Crippen molar-refractivity contribution in [2.24, 2.45) is 0 Å². The summed E-state index contributed by atoms with van der Waals surface area (Å²) in [5, 5.41) is 5.84. The molecule has 0 fully saturated rings. The number of fused-ring (bicyclic) bond motifs is 1. The normalized spacial score (nSPS) is 13.6. The first-order valence-corrected chi connectivity index (χ1v) is 7.39. The average molecular weight is 326 g/mol. The number of nitrogens with zero attached hydrogens (tertiary/aromatic N) is 1. The summed E-state index contributed by atoms with van der Waals surface area (Å²) in [4.78, 5) is 34.9. The van der Waals surface area contributed by atoms with Crippen molar-refractivity contribution in [3.8, 4) is 0 Å². The molecule has 0 aromatic carbocycles. The van der Waals surface area contributed by atoms with Gasteiger partial charge in [0, 0.05) is 18.4 Å². The standard InChI is InChI=1S/C13H14N2O6S/c1-19-13(18)14-7-20-3-2-4-22-10-5-9(16)12-8(11(10)17)6-15-21-12/h5-6H,2-4,7H2,1H3,(H,14,18). The molecule has 1 N–H and O–H groups in total. The van der Waals surface area contributed by atoms with Crippen LogP contribution in [0.1, 0.15) is 27.3 Å². The van der Waals surface area contributed by atoms with Crippen LogP contribution in [-0.4, -0.2) is 49.0 Å². The van der Waals surface area contributed by atoms with E-state index in [2.05, 4.69) is 15.2 Å². The molecule has 0 saturated heterocycles. The Kier molecular flexibility index (Phi) is 5.73. The number of amides is 1. The van der Waals surface area contributed by atoms with Gasteiger partial charge >= 0.3 is 6.09 Å². The van der Waals surface area contributed by atoms with Crippen molar-refractivity contribution in [1.82, 2.24) is 10.5 Å². The van der Waals surface area contributed by atoms with Crippen LogP contribution in [0.4, 0.5) is 4.79 Å². The van der Waals surface area contributed by atoms with Crippen LogP contribution in [0.5, 0.6) is 0 Å². The SMILES string of the molecule is COC(=O)NCOCCCSC1=CC(=O)c2oncc2C1=O. The summed E-state index contributed by atoms with van der Waals surface area (Å²) in [6.45, 7) is 0.465. The van der Waals surface area contributed by atoms with Gasteiger partial charge in [0.1, 0.15) is 6.73 Å². The largest absolute Gasteiger partial charge is 0.453 e. The number of ketones is 2. The zero-order valence-corrected chi connectivity index (χ0v) is 12.6. The minimum Gasteiger partial charge on any atom is -0.453 e. The number of hydrogen-bond donors (Lipinski definition) is 1. The summed E-state index contributed by atoms with van der Waals surface area (Å²) < 4.78 is 14.3. The van der Waals surface area contributed by atoms with Crippen LogP contribution in [0.3, 0.4) is 0 Å². The number of alkyl carbamates (subject to hydrolysis) is 1. The fraction of sp³-hybridized carbons (Fsp3) is 0.385. The zero-order valence-electron chi connectivity index (χ0n) is 11.8. The molecule has 9 heteroatoms. The maximum atomic E-state index is 12.1. The number of thioether (sulfide) groups is 1. The molecule has 0 saturated carbocycles. The number of carbonyl (C=O) groups is 3. The van der Waals surface area contributed by atoms with E-state index in [0.717, 1.165) is 0 Å². The smallest absolute Gasteiger partial charge is 0.408 e. The second-order valence-corrected chi connectivity index (χ2v) is 5.33. The number of hydrogen-bond acceptors (Lipinski definition) is 8. The molecule has 1 aliphatic carbocycles. The number of ether oxygens (including phenoxy) is 2. The maximum absolute atomic E-state index is 12.1. The highest BCUT2D eigenvalue weighted by Crippen LogP contribution is 2.28. The van der Waals surface area contributed by atoms with Gasteiger partial charge in [-0.05, 0) is 6.42 Å². The molecule has 2 rings (SSSR count). The minimum atomic E-state index is -0.560. The van der Waals surface area contributed by atoms with Gasteiger partial charge in [-0.25, -0.2) is 4.79 Å². The van der Waals surface area contributed by atoms with Gasteiger partial charge in [0.05, 0.1) is 23.8 Å². The van der Waals surface area contributed by atoms with E-state index in [0.29, 0.717) is 23.7 Å². The first-order chi connectivity index (χ1) is 10.6. The van der Waals surface area contributed by atoms with Gasteiger partial charge in [0.25, 0.3) is 0 Å². The van der Waals surface area contributed by atoms with E-state index >= 15 is 0 Å². The van der Waals surface area contributed by atoms with Crippen molar-refractivity contribution in [1.29, 1.82) is 0 Å². The van der Waals surface area contributed by atoms with E-state index in [1.54, 1.807) is 0 Å². The number of carbonyl (C=O) groups excluding carboxylic acids is 3. The molecule has 8 nitrogen and oxygen atoms in total. The Hall–Kier alpha value is -2.13. The molecule has 0 aliphatic heterocycles. The predicted molar refractivity (Wildman–Crippen MR) is 76.7 cm³/mol. The van der Waals surface area contributed by atoms with Crippen molar-refractivity contribution in [3.63, 3.8) is 0 Å². The molecule has 1 amide bonds. The molecule has 118 valence electrons. The zero-order chi connectivity index (χ0) is 15.9. The van der Waals surface area contributed by atoms with E-state index in [4.69, 9.17) is 9.26 Å². The van der Waals surface area contributed by atoms with Gasteiger partial charge in [0.15, 0.2) is 0 Å². The predicted octanol–water partition coefficient (Wildman–Crippen LogP) is 1.39. The molecule has 1 aromatic rings. The molecule has 22 heavy (non-hydrogen) atoms.